The molecule has 4 nitrogen and oxygen atoms in total. The quantitative estimate of drug-likeness (QED) is 0.842. The van der Waals surface area contributed by atoms with Crippen molar-refractivity contribution in [2.75, 3.05) is 18.2 Å². The van der Waals surface area contributed by atoms with E-state index in [1.165, 1.54) is 25.3 Å². The zero-order chi connectivity index (χ0) is 14.7. The summed E-state index contributed by atoms with van der Waals surface area (Å²) in [6.45, 7) is 0. The number of carbonyl (C=O) groups excluding carboxylic acids is 1. The summed E-state index contributed by atoms with van der Waals surface area (Å²) in [6.07, 6.45) is 0. The number of hydrogen-bond acceptors (Lipinski definition) is 3. The highest BCUT2D eigenvalue weighted by Crippen LogP contribution is 2.28. The average Bonchev–Trinajstić information content (AvgIpc) is 2.41. The number of ether oxygens (including phenoxy) is 1. The van der Waals surface area contributed by atoms with Gasteiger partial charge in [-0.05, 0) is 46.3 Å². The molecular formula is C14H12BrFN2O2. The lowest BCUT2D eigenvalue weighted by Crippen LogP contribution is -2.15. The minimum absolute atomic E-state index is 0.242. The lowest BCUT2D eigenvalue weighted by molar-refractivity contribution is 0.102. The summed E-state index contributed by atoms with van der Waals surface area (Å²) in [5.41, 5.74) is 6.79. The molecule has 1 amide bonds. The number of benzene rings is 2. The van der Waals surface area contributed by atoms with E-state index in [0.717, 1.165) is 0 Å². The van der Waals surface area contributed by atoms with Crippen molar-refractivity contribution in [1.82, 2.24) is 0 Å². The molecule has 0 aliphatic heterocycles. The molecule has 0 saturated heterocycles. The average molecular weight is 339 g/mol. The van der Waals surface area contributed by atoms with Gasteiger partial charge < -0.3 is 15.8 Å². The van der Waals surface area contributed by atoms with Crippen molar-refractivity contribution < 1.29 is 13.9 Å². The van der Waals surface area contributed by atoms with E-state index in [1.54, 1.807) is 18.2 Å². The van der Waals surface area contributed by atoms with Gasteiger partial charge >= 0.3 is 0 Å². The van der Waals surface area contributed by atoms with Crippen molar-refractivity contribution in [2.45, 2.75) is 0 Å². The predicted octanol–water partition coefficient (Wildman–Crippen LogP) is 3.43. The SMILES string of the molecule is COc1cccc(N)c1C(=O)Nc1ccc(F)cc1Br. The van der Waals surface area contributed by atoms with Gasteiger partial charge in [0, 0.05) is 10.2 Å². The number of anilines is 2. The molecule has 0 saturated carbocycles. The standard InChI is InChI=1S/C14H12BrFN2O2/c1-20-12-4-2-3-10(17)13(12)14(19)18-11-6-5-8(16)7-9(11)15/h2-7H,17H2,1H3,(H,18,19). The topological polar surface area (TPSA) is 64.3 Å². The van der Waals surface area contributed by atoms with Gasteiger partial charge in [0.1, 0.15) is 17.1 Å². The highest BCUT2D eigenvalue weighted by Gasteiger charge is 2.16. The Hall–Kier alpha value is -2.08. The molecule has 0 atom stereocenters. The van der Waals surface area contributed by atoms with E-state index in [0.29, 0.717) is 21.6 Å². The Bertz CT molecular complexity index is 662. The maximum atomic E-state index is 13.0. The molecule has 0 aliphatic rings. The predicted molar refractivity (Wildman–Crippen MR) is 79.5 cm³/mol. The smallest absolute Gasteiger partial charge is 0.261 e. The van der Waals surface area contributed by atoms with Crippen LogP contribution in [0.1, 0.15) is 10.4 Å². The molecule has 2 rings (SSSR count). The Morgan fingerprint density at radius 2 is 2.10 bits per heavy atom. The Morgan fingerprint density at radius 3 is 2.75 bits per heavy atom. The van der Waals surface area contributed by atoms with Gasteiger partial charge in [-0.2, -0.15) is 0 Å². The minimum Gasteiger partial charge on any atom is -0.496 e. The summed E-state index contributed by atoms with van der Waals surface area (Å²) in [5.74, 6) is -0.445. The van der Waals surface area contributed by atoms with E-state index in [2.05, 4.69) is 21.2 Å². The van der Waals surface area contributed by atoms with Gasteiger partial charge in [-0.25, -0.2) is 4.39 Å². The first-order valence-electron chi connectivity index (χ1n) is 5.72. The van der Waals surface area contributed by atoms with Gasteiger partial charge in [0.05, 0.1) is 12.8 Å². The van der Waals surface area contributed by atoms with Crippen LogP contribution in [0, 0.1) is 5.82 Å². The molecule has 3 N–H and O–H groups in total. The summed E-state index contributed by atoms with van der Waals surface area (Å²) in [6, 6.07) is 8.93. The maximum absolute atomic E-state index is 13.0. The third kappa shape index (κ3) is 2.91. The van der Waals surface area contributed by atoms with Gasteiger partial charge in [-0.3, -0.25) is 4.79 Å². The fourth-order valence-corrected chi connectivity index (χ4v) is 2.19. The Balaban J connectivity index is 2.33. The van der Waals surface area contributed by atoms with Crippen LogP contribution in [0.25, 0.3) is 0 Å². The normalized spacial score (nSPS) is 10.2. The first-order chi connectivity index (χ1) is 9.52. The third-order valence-corrected chi connectivity index (χ3v) is 3.34. The van der Waals surface area contributed by atoms with E-state index in [9.17, 15) is 9.18 Å². The van der Waals surface area contributed by atoms with Crippen molar-refractivity contribution in [3.05, 3.63) is 52.3 Å². The zero-order valence-corrected chi connectivity index (χ0v) is 12.2. The number of nitrogens with two attached hydrogens (primary N) is 1. The van der Waals surface area contributed by atoms with Crippen LogP contribution >= 0.6 is 15.9 Å². The number of rotatable bonds is 3. The molecule has 0 bridgehead atoms. The second-order valence-corrected chi connectivity index (χ2v) is 4.86. The fraction of sp³-hybridized carbons (Fsp3) is 0.0714. The molecule has 104 valence electrons. The molecule has 0 spiro atoms. The van der Waals surface area contributed by atoms with Crippen LogP contribution in [-0.4, -0.2) is 13.0 Å². The molecule has 0 fully saturated rings. The van der Waals surface area contributed by atoms with Crippen LogP contribution in [0.4, 0.5) is 15.8 Å². The van der Waals surface area contributed by atoms with Crippen LogP contribution in [-0.2, 0) is 0 Å². The fourth-order valence-electron chi connectivity index (χ4n) is 1.74. The lowest BCUT2D eigenvalue weighted by Gasteiger charge is -2.12. The number of amides is 1. The van der Waals surface area contributed by atoms with Crippen molar-refractivity contribution in [3.8, 4) is 5.75 Å². The first-order valence-corrected chi connectivity index (χ1v) is 6.51. The van der Waals surface area contributed by atoms with E-state index in [4.69, 9.17) is 10.5 Å². The minimum atomic E-state index is -0.424. The molecule has 0 radical (unpaired) electrons. The van der Waals surface area contributed by atoms with E-state index in [-0.39, 0.29) is 5.56 Å². The summed E-state index contributed by atoms with van der Waals surface area (Å²) >= 11 is 3.19. The number of hydrogen-bond donors (Lipinski definition) is 2. The van der Waals surface area contributed by atoms with Gasteiger partial charge in [0.15, 0.2) is 0 Å². The number of halogens is 2. The molecular weight excluding hydrogens is 327 g/mol. The Labute approximate surface area is 123 Å². The Kier molecular flexibility index (Phi) is 4.24. The molecule has 2 aromatic carbocycles. The van der Waals surface area contributed by atoms with E-state index < -0.39 is 11.7 Å². The number of nitrogen functional groups attached to an aromatic ring is 1. The number of methoxy groups -OCH3 is 1. The van der Waals surface area contributed by atoms with Crippen molar-refractivity contribution in [3.63, 3.8) is 0 Å². The molecule has 0 unspecified atom stereocenters. The lowest BCUT2D eigenvalue weighted by atomic mass is 10.1. The number of carbonyl (C=O) groups is 1. The Morgan fingerprint density at radius 1 is 1.35 bits per heavy atom. The van der Waals surface area contributed by atoms with Gasteiger partial charge in [0.25, 0.3) is 5.91 Å². The molecule has 0 aromatic heterocycles. The third-order valence-electron chi connectivity index (χ3n) is 2.68. The second kappa shape index (κ2) is 5.92. The summed E-state index contributed by atoms with van der Waals surface area (Å²) in [4.78, 5) is 12.3. The van der Waals surface area contributed by atoms with Gasteiger partial charge in [0.2, 0.25) is 0 Å². The van der Waals surface area contributed by atoms with E-state index >= 15 is 0 Å². The van der Waals surface area contributed by atoms with Gasteiger partial charge in [-0.1, -0.05) is 6.07 Å². The largest absolute Gasteiger partial charge is 0.496 e. The highest BCUT2D eigenvalue weighted by molar-refractivity contribution is 9.10. The summed E-state index contributed by atoms with van der Waals surface area (Å²) < 4.78 is 18.6. The van der Waals surface area contributed by atoms with Crippen molar-refractivity contribution in [2.24, 2.45) is 0 Å². The summed E-state index contributed by atoms with van der Waals surface area (Å²) in [7, 11) is 1.46. The summed E-state index contributed by atoms with van der Waals surface area (Å²) in [5, 5.41) is 2.66. The van der Waals surface area contributed by atoms with Crippen LogP contribution in [0.5, 0.6) is 5.75 Å². The zero-order valence-electron chi connectivity index (χ0n) is 10.6. The molecule has 0 heterocycles. The van der Waals surface area contributed by atoms with Gasteiger partial charge in [-0.15, -0.1) is 0 Å². The highest BCUT2D eigenvalue weighted by atomic mass is 79.9. The van der Waals surface area contributed by atoms with Crippen molar-refractivity contribution >= 4 is 33.2 Å². The molecule has 6 heteroatoms. The van der Waals surface area contributed by atoms with Crippen LogP contribution in [0.3, 0.4) is 0 Å². The number of nitrogens with one attached hydrogen (secondary N) is 1. The first kappa shape index (κ1) is 14.3. The van der Waals surface area contributed by atoms with Crippen LogP contribution < -0.4 is 15.8 Å². The second-order valence-electron chi connectivity index (χ2n) is 4.00. The van der Waals surface area contributed by atoms with Crippen molar-refractivity contribution in [1.29, 1.82) is 0 Å². The maximum Gasteiger partial charge on any atom is 0.261 e. The monoisotopic (exact) mass is 338 g/mol. The van der Waals surface area contributed by atoms with Crippen LogP contribution in [0.2, 0.25) is 0 Å². The van der Waals surface area contributed by atoms with Crippen LogP contribution in [0.15, 0.2) is 40.9 Å². The molecule has 20 heavy (non-hydrogen) atoms. The van der Waals surface area contributed by atoms with E-state index in [1.807, 2.05) is 0 Å². The molecule has 0 aliphatic carbocycles. The molecule has 2 aromatic rings.